The normalized spacial score (nSPS) is 10.3. The van der Waals surface area contributed by atoms with E-state index in [1.54, 1.807) is 47.2 Å². The van der Waals surface area contributed by atoms with Crippen molar-refractivity contribution in [2.24, 2.45) is 0 Å². The van der Waals surface area contributed by atoms with E-state index in [0.29, 0.717) is 11.1 Å². The molecule has 0 saturated heterocycles. The summed E-state index contributed by atoms with van der Waals surface area (Å²) in [4.78, 5) is 24.1. The fraction of sp³-hybridized carbons (Fsp3) is 0.0526. The fourth-order valence-corrected chi connectivity index (χ4v) is 2.41. The van der Waals surface area contributed by atoms with Crippen molar-refractivity contribution >= 4 is 11.9 Å². The summed E-state index contributed by atoms with van der Waals surface area (Å²) in [6, 6.07) is 19.8. The van der Waals surface area contributed by atoms with Gasteiger partial charge in [-0.3, -0.25) is 9.36 Å². The standard InChI is InChI=1S/C19H15NO3/c1-23-19(22)16-11-9-14(10-12-16)17-8-5-13-20(17)18(21)15-6-3-2-4-7-15/h2-13H,1H3. The van der Waals surface area contributed by atoms with Crippen molar-refractivity contribution in [1.82, 2.24) is 4.57 Å². The van der Waals surface area contributed by atoms with Crippen LogP contribution in [0.3, 0.4) is 0 Å². The van der Waals surface area contributed by atoms with E-state index < -0.39 is 0 Å². The van der Waals surface area contributed by atoms with Gasteiger partial charge in [-0.05, 0) is 42.0 Å². The van der Waals surface area contributed by atoms with Gasteiger partial charge in [-0.2, -0.15) is 0 Å². The zero-order valence-electron chi connectivity index (χ0n) is 12.6. The van der Waals surface area contributed by atoms with Gasteiger partial charge in [0, 0.05) is 11.8 Å². The van der Waals surface area contributed by atoms with Crippen LogP contribution in [0.1, 0.15) is 20.7 Å². The largest absolute Gasteiger partial charge is 0.465 e. The Hall–Kier alpha value is -3.14. The summed E-state index contributed by atoms with van der Waals surface area (Å²) in [6.45, 7) is 0. The first-order valence-corrected chi connectivity index (χ1v) is 7.16. The van der Waals surface area contributed by atoms with Gasteiger partial charge < -0.3 is 4.74 Å². The summed E-state index contributed by atoms with van der Waals surface area (Å²) in [7, 11) is 1.35. The number of ether oxygens (including phenoxy) is 1. The van der Waals surface area contributed by atoms with Gasteiger partial charge in [0.15, 0.2) is 0 Å². The van der Waals surface area contributed by atoms with Crippen LogP contribution >= 0.6 is 0 Å². The average Bonchev–Trinajstić information content (AvgIpc) is 3.11. The second kappa shape index (κ2) is 6.32. The zero-order valence-corrected chi connectivity index (χ0v) is 12.6. The molecule has 4 heteroatoms. The molecule has 0 fully saturated rings. The molecule has 4 nitrogen and oxygen atoms in total. The SMILES string of the molecule is COC(=O)c1ccc(-c2cccn2C(=O)c2ccccc2)cc1. The molecule has 0 aliphatic rings. The second-order valence-corrected chi connectivity index (χ2v) is 5.00. The molecule has 2 aromatic carbocycles. The maximum Gasteiger partial charge on any atom is 0.337 e. The molecule has 0 aliphatic carbocycles. The van der Waals surface area contributed by atoms with Crippen LogP contribution in [0.4, 0.5) is 0 Å². The van der Waals surface area contributed by atoms with Crippen LogP contribution in [0.2, 0.25) is 0 Å². The quantitative estimate of drug-likeness (QED) is 0.694. The molecule has 3 rings (SSSR count). The number of rotatable bonds is 3. The number of hydrogen-bond acceptors (Lipinski definition) is 3. The number of carbonyl (C=O) groups excluding carboxylic acids is 2. The molecular formula is C19H15NO3. The van der Waals surface area contributed by atoms with Crippen LogP contribution in [0.15, 0.2) is 72.9 Å². The van der Waals surface area contributed by atoms with Crippen molar-refractivity contribution < 1.29 is 14.3 Å². The minimum atomic E-state index is -0.382. The number of carbonyl (C=O) groups is 2. The highest BCUT2D eigenvalue weighted by molar-refractivity contribution is 5.98. The third kappa shape index (κ3) is 2.92. The molecule has 0 N–H and O–H groups in total. The highest BCUT2D eigenvalue weighted by Gasteiger charge is 2.13. The van der Waals surface area contributed by atoms with Gasteiger partial charge in [-0.15, -0.1) is 0 Å². The van der Waals surface area contributed by atoms with E-state index in [1.165, 1.54) is 7.11 Å². The lowest BCUT2D eigenvalue weighted by Gasteiger charge is -2.09. The summed E-state index contributed by atoms with van der Waals surface area (Å²) in [5.41, 5.74) is 2.72. The molecule has 1 aromatic heterocycles. The summed E-state index contributed by atoms with van der Waals surface area (Å²) < 4.78 is 6.29. The fourth-order valence-electron chi connectivity index (χ4n) is 2.41. The maximum atomic E-state index is 12.6. The third-order valence-corrected chi connectivity index (χ3v) is 3.59. The van der Waals surface area contributed by atoms with Gasteiger partial charge in [0.1, 0.15) is 0 Å². The molecule has 0 unspecified atom stereocenters. The number of methoxy groups -OCH3 is 1. The highest BCUT2D eigenvalue weighted by atomic mass is 16.5. The van der Waals surface area contributed by atoms with Crippen molar-refractivity contribution in [3.63, 3.8) is 0 Å². The Bertz CT molecular complexity index is 833. The summed E-state index contributed by atoms with van der Waals surface area (Å²) in [6.07, 6.45) is 1.74. The van der Waals surface area contributed by atoms with Crippen LogP contribution in [-0.4, -0.2) is 23.6 Å². The zero-order chi connectivity index (χ0) is 16.2. The predicted molar refractivity (Wildman–Crippen MR) is 87.4 cm³/mol. The van der Waals surface area contributed by atoms with E-state index in [9.17, 15) is 9.59 Å². The lowest BCUT2D eigenvalue weighted by Crippen LogP contribution is -2.12. The van der Waals surface area contributed by atoms with Crippen molar-refractivity contribution in [2.75, 3.05) is 7.11 Å². The molecule has 0 amide bonds. The van der Waals surface area contributed by atoms with Gasteiger partial charge in [-0.25, -0.2) is 4.79 Å². The van der Waals surface area contributed by atoms with Gasteiger partial charge in [0.2, 0.25) is 0 Å². The van der Waals surface area contributed by atoms with Crippen molar-refractivity contribution in [2.45, 2.75) is 0 Å². The highest BCUT2D eigenvalue weighted by Crippen LogP contribution is 2.22. The Morgan fingerprint density at radius 2 is 1.52 bits per heavy atom. The smallest absolute Gasteiger partial charge is 0.337 e. The summed E-state index contributed by atoms with van der Waals surface area (Å²) in [5.74, 6) is -0.477. The van der Waals surface area contributed by atoms with Gasteiger partial charge in [0.25, 0.3) is 5.91 Å². The number of aromatic nitrogens is 1. The molecule has 0 saturated carbocycles. The first kappa shape index (κ1) is 14.8. The van der Waals surface area contributed by atoms with Crippen LogP contribution in [-0.2, 0) is 4.74 Å². The first-order chi connectivity index (χ1) is 11.2. The van der Waals surface area contributed by atoms with E-state index in [2.05, 4.69) is 4.74 Å². The van der Waals surface area contributed by atoms with Crippen LogP contribution < -0.4 is 0 Å². The molecule has 0 aliphatic heterocycles. The summed E-state index contributed by atoms with van der Waals surface area (Å²) in [5, 5.41) is 0. The van der Waals surface area contributed by atoms with Crippen LogP contribution in [0, 0.1) is 0 Å². The Morgan fingerprint density at radius 3 is 2.17 bits per heavy atom. The molecule has 23 heavy (non-hydrogen) atoms. The summed E-state index contributed by atoms with van der Waals surface area (Å²) >= 11 is 0. The minimum absolute atomic E-state index is 0.0948. The Labute approximate surface area is 133 Å². The molecule has 3 aromatic rings. The maximum absolute atomic E-state index is 12.6. The van der Waals surface area contributed by atoms with Gasteiger partial charge in [-0.1, -0.05) is 30.3 Å². The molecule has 114 valence electrons. The lowest BCUT2D eigenvalue weighted by molar-refractivity contribution is 0.0600. The van der Waals surface area contributed by atoms with Crippen molar-refractivity contribution in [3.05, 3.63) is 84.1 Å². The van der Waals surface area contributed by atoms with Crippen LogP contribution in [0.5, 0.6) is 0 Å². The van der Waals surface area contributed by atoms with Crippen LogP contribution in [0.25, 0.3) is 11.3 Å². The molecule has 1 heterocycles. The van der Waals surface area contributed by atoms with E-state index >= 15 is 0 Å². The average molecular weight is 305 g/mol. The first-order valence-electron chi connectivity index (χ1n) is 7.16. The van der Waals surface area contributed by atoms with E-state index in [1.807, 2.05) is 30.3 Å². The molecule has 0 radical (unpaired) electrons. The van der Waals surface area contributed by atoms with Gasteiger partial charge in [0.05, 0.1) is 18.4 Å². The van der Waals surface area contributed by atoms with Crippen molar-refractivity contribution in [1.29, 1.82) is 0 Å². The van der Waals surface area contributed by atoms with Gasteiger partial charge >= 0.3 is 5.97 Å². The Morgan fingerprint density at radius 1 is 0.826 bits per heavy atom. The third-order valence-electron chi connectivity index (χ3n) is 3.59. The molecule has 0 atom stereocenters. The number of esters is 1. The Kier molecular flexibility index (Phi) is 4.06. The predicted octanol–water partition coefficient (Wildman–Crippen LogP) is 3.63. The van der Waals surface area contributed by atoms with Crippen molar-refractivity contribution in [3.8, 4) is 11.3 Å². The Balaban J connectivity index is 1.95. The van der Waals surface area contributed by atoms with E-state index in [4.69, 9.17) is 0 Å². The van der Waals surface area contributed by atoms with E-state index in [-0.39, 0.29) is 11.9 Å². The topological polar surface area (TPSA) is 48.3 Å². The monoisotopic (exact) mass is 305 g/mol. The molecule has 0 bridgehead atoms. The molecular weight excluding hydrogens is 290 g/mol. The second-order valence-electron chi connectivity index (χ2n) is 5.00. The number of hydrogen-bond donors (Lipinski definition) is 0. The lowest BCUT2D eigenvalue weighted by atomic mass is 10.1. The number of nitrogens with zero attached hydrogens (tertiary/aromatic N) is 1. The molecule has 0 spiro atoms. The minimum Gasteiger partial charge on any atom is -0.465 e. The number of benzene rings is 2. The van der Waals surface area contributed by atoms with E-state index in [0.717, 1.165) is 11.3 Å².